The van der Waals surface area contributed by atoms with Crippen LogP contribution in [-0.2, 0) is 0 Å². The molecule has 19 heavy (non-hydrogen) atoms. The molecule has 2 aromatic carbocycles. The maximum absolute atomic E-state index is 12.3. The first-order chi connectivity index (χ1) is 9.16. The quantitative estimate of drug-likeness (QED) is 0.803. The van der Waals surface area contributed by atoms with Gasteiger partial charge in [0.15, 0.2) is 0 Å². The third kappa shape index (κ3) is 2.06. The smallest absolute Gasteiger partial charge is 0.202 e. The van der Waals surface area contributed by atoms with Crippen LogP contribution in [0.1, 0.15) is 21.5 Å². The Balaban J connectivity index is 2.09. The monoisotopic (exact) mass is 267 g/mol. The SMILES string of the molecule is Cc1cccc(C(N)=C2Sc3ccccc3C2=O)c1. The molecule has 3 rings (SSSR count). The predicted molar refractivity (Wildman–Crippen MR) is 78.9 cm³/mol. The van der Waals surface area contributed by atoms with Gasteiger partial charge in [-0.2, -0.15) is 0 Å². The van der Waals surface area contributed by atoms with Gasteiger partial charge in [0.1, 0.15) is 0 Å². The minimum atomic E-state index is 0.0274. The standard InChI is InChI=1S/C16H13NOS/c1-10-5-4-6-11(9-10)14(17)16-15(18)12-7-2-3-8-13(12)19-16/h2-9H,17H2,1H3. The molecule has 0 unspecified atom stereocenters. The van der Waals surface area contributed by atoms with E-state index in [2.05, 4.69) is 0 Å². The van der Waals surface area contributed by atoms with Gasteiger partial charge in [0.05, 0.1) is 10.6 Å². The molecule has 0 saturated carbocycles. The molecular weight excluding hydrogens is 254 g/mol. The molecular formula is C16H13NOS. The van der Waals surface area contributed by atoms with Gasteiger partial charge in [-0.15, -0.1) is 0 Å². The van der Waals surface area contributed by atoms with Crippen LogP contribution in [0.5, 0.6) is 0 Å². The van der Waals surface area contributed by atoms with Gasteiger partial charge in [0.25, 0.3) is 0 Å². The van der Waals surface area contributed by atoms with Crippen LogP contribution in [0.15, 0.2) is 58.3 Å². The summed E-state index contributed by atoms with van der Waals surface area (Å²) in [6.07, 6.45) is 0. The van der Waals surface area contributed by atoms with Crippen molar-refractivity contribution in [1.29, 1.82) is 0 Å². The largest absolute Gasteiger partial charge is 0.397 e. The van der Waals surface area contributed by atoms with Gasteiger partial charge in [0, 0.05) is 10.5 Å². The molecule has 1 heterocycles. The molecule has 0 saturated heterocycles. The van der Waals surface area contributed by atoms with Crippen molar-refractivity contribution in [1.82, 2.24) is 0 Å². The Labute approximate surface area is 116 Å². The Bertz CT molecular complexity index is 703. The number of carbonyl (C=O) groups excluding carboxylic acids is 1. The summed E-state index contributed by atoms with van der Waals surface area (Å²) >= 11 is 1.46. The number of hydrogen-bond donors (Lipinski definition) is 1. The lowest BCUT2D eigenvalue weighted by Gasteiger charge is -2.05. The van der Waals surface area contributed by atoms with E-state index in [4.69, 9.17) is 5.73 Å². The van der Waals surface area contributed by atoms with E-state index in [1.54, 1.807) is 0 Å². The molecule has 2 N–H and O–H groups in total. The average Bonchev–Trinajstić information content (AvgIpc) is 2.76. The van der Waals surface area contributed by atoms with E-state index >= 15 is 0 Å². The number of hydrogen-bond acceptors (Lipinski definition) is 3. The zero-order valence-corrected chi connectivity index (χ0v) is 11.3. The maximum atomic E-state index is 12.3. The highest BCUT2D eigenvalue weighted by atomic mass is 32.2. The molecule has 0 aliphatic carbocycles. The fraction of sp³-hybridized carbons (Fsp3) is 0.0625. The lowest BCUT2D eigenvalue weighted by Crippen LogP contribution is -2.04. The molecule has 3 heteroatoms. The molecule has 0 atom stereocenters. The number of fused-ring (bicyclic) bond motifs is 1. The van der Waals surface area contributed by atoms with Gasteiger partial charge in [-0.1, -0.05) is 47.7 Å². The number of Topliss-reactive ketones (excluding diaryl/α,β-unsaturated/α-hetero) is 1. The molecule has 2 nitrogen and oxygen atoms in total. The summed E-state index contributed by atoms with van der Waals surface area (Å²) in [5, 5.41) is 0. The van der Waals surface area contributed by atoms with Gasteiger partial charge >= 0.3 is 0 Å². The molecule has 94 valence electrons. The Kier molecular flexibility index (Phi) is 2.91. The van der Waals surface area contributed by atoms with E-state index in [-0.39, 0.29) is 5.78 Å². The summed E-state index contributed by atoms with van der Waals surface area (Å²) < 4.78 is 0. The van der Waals surface area contributed by atoms with Crippen LogP contribution >= 0.6 is 11.8 Å². The van der Waals surface area contributed by atoms with Gasteiger partial charge in [-0.25, -0.2) is 0 Å². The van der Waals surface area contributed by atoms with E-state index in [1.807, 2.05) is 55.5 Å². The van der Waals surface area contributed by atoms with Crippen molar-refractivity contribution in [3.8, 4) is 0 Å². The number of allylic oxidation sites excluding steroid dienone is 1. The third-order valence-corrected chi connectivity index (χ3v) is 4.31. The van der Waals surface area contributed by atoms with Crippen molar-refractivity contribution in [3.63, 3.8) is 0 Å². The zero-order chi connectivity index (χ0) is 13.4. The van der Waals surface area contributed by atoms with Gasteiger partial charge < -0.3 is 5.73 Å². The van der Waals surface area contributed by atoms with Gasteiger partial charge in [-0.3, -0.25) is 4.79 Å². The van der Waals surface area contributed by atoms with E-state index < -0.39 is 0 Å². The minimum absolute atomic E-state index is 0.0274. The highest BCUT2D eigenvalue weighted by molar-refractivity contribution is 8.05. The molecule has 1 aliphatic rings. The van der Waals surface area contributed by atoms with Crippen LogP contribution in [0.25, 0.3) is 5.70 Å². The molecule has 0 spiro atoms. The maximum Gasteiger partial charge on any atom is 0.202 e. The number of benzene rings is 2. The van der Waals surface area contributed by atoms with Crippen molar-refractivity contribution >= 4 is 23.2 Å². The lowest BCUT2D eigenvalue weighted by atomic mass is 10.1. The second kappa shape index (κ2) is 4.59. The Morgan fingerprint density at radius 2 is 1.89 bits per heavy atom. The van der Waals surface area contributed by atoms with Crippen LogP contribution in [-0.4, -0.2) is 5.78 Å². The number of nitrogens with two attached hydrogens (primary N) is 1. The fourth-order valence-corrected chi connectivity index (χ4v) is 3.21. The zero-order valence-electron chi connectivity index (χ0n) is 10.5. The summed E-state index contributed by atoms with van der Waals surface area (Å²) in [7, 11) is 0. The highest BCUT2D eigenvalue weighted by Gasteiger charge is 2.27. The Morgan fingerprint density at radius 1 is 1.11 bits per heavy atom. The van der Waals surface area contributed by atoms with E-state index in [9.17, 15) is 4.79 Å². The van der Waals surface area contributed by atoms with Crippen molar-refractivity contribution in [3.05, 3.63) is 70.1 Å². The molecule has 0 bridgehead atoms. The van der Waals surface area contributed by atoms with Crippen LogP contribution in [0.4, 0.5) is 0 Å². The summed E-state index contributed by atoms with van der Waals surface area (Å²) in [4.78, 5) is 14.0. The lowest BCUT2D eigenvalue weighted by molar-refractivity contribution is 0.104. The van der Waals surface area contributed by atoms with Gasteiger partial charge in [-0.05, 0) is 30.7 Å². The first-order valence-electron chi connectivity index (χ1n) is 6.05. The molecule has 0 amide bonds. The average molecular weight is 267 g/mol. The first kappa shape index (κ1) is 12.1. The van der Waals surface area contributed by atoms with E-state index in [0.717, 1.165) is 21.6 Å². The van der Waals surface area contributed by atoms with Crippen molar-refractivity contribution in [2.45, 2.75) is 11.8 Å². The summed E-state index contributed by atoms with van der Waals surface area (Å²) in [5.74, 6) is 0.0274. The highest BCUT2D eigenvalue weighted by Crippen LogP contribution is 2.42. The van der Waals surface area contributed by atoms with Crippen molar-refractivity contribution in [2.75, 3.05) is 0 Å². The molecule has 0 aromatic heterocycles. The second-order valence-electron chi connectivity index (χ2n) is 4.54. The number of ketones is 1. The van der Waals surface area contributed by atoms with E-state index in [1.165, 1.54) is 11.8 Å². The summed E-state index contributed by atoms with van der Waals surface area (Å²) in [5.41, 5.74) is 9.53. The molecule has 2 aromatic rings. The van der Waals surface area contributed by atoms with Crippen LogP contribution < -0.4 is 5.73 Å². The summed E-state index contributed by atoms with van der Waals surface area (Å²) in [6.45, 7) is 2.01. The van der Waals surface area contributed by atoms with Crippen LogP contribution in [0, 0.1) is 6.92 Å². The molecule has 1 aliphatic heterocycles. The predicted octanol–water partition coefficient (Wildman–Crippen LogP) is 3.61. The number of carbonyl (C=O) groups is 1. The van der Waals surface area contributed by atoms with Crippen LogP contribution in [0.2, 0.25) is 0 Å². The van der Waals surface area contributed by atoms with Gasteiger partial charge in [0.2, 0.25) is 5.78 Å². The fourth-order valence-electron chi connectivity index (χ4n) is 2.14. The van der Waals surface area contributed by atoms with Crippen LogP contribution in [0.3, 0.4) is 0 Å². The topological polar surface area (TPSA) is 43.1 Å². The van der Waals surface area contributed by atoms with Crippen molar-refractivity contribution < 1.29 is 4.79 Å². The minimum Gasteiger partial charge on any atom is -0.397 e. The van der Waals surface area contributed by atoms with E-state index in [0.29, 0.717) is 10.6 Å². The Morgan fingerprint density at radius 3 is 2.63 bits per heavy atom. The second-order valence-corrected chi connectivity index (χ2v) is 5.59. The third-order valence-electron chi connectivity index (χ3n) is 3.12. The molecule has 0 radical (unpaired) electrons. The summed E-state index contributed by atoms with van der Waals surface area (Å²) in [6, 6.07) is 15.5. The normalized spacial score (nSPS) is 16.4. The number of rotatable bonds is 1. The number of thioether (sulfide) groups is 1. The number of aryl methyl sites for hydroxylation is 1. The first-order valence-corrected chi connectivity index (χ1v) is 6.87. The van der Waals surface area contributed by atoms with Crippen molar-refractivity contribution in [2.24, 2.45) is 5.73 Å². The molecule has 0 fully saturated rings. The Hall–Kier alpha value is -2.00.